The molecule has 1 aromatic heterocycles. The van der Waals surface area contributed by atoms with Crippen molar-refractivity contribution in [1.29, 1.82) is 0 Å². The van der Waals surface area contributed by atoms with E-state index in [-0.39, 0.29) is 0 Å². The van der Waals surface area contributed by atoms with Crippen LogP contribution < -0.4 is 4.90 Å². The Hall–Kier alpha value is -1.15. The van der Waals surface area contributed by atoms with Gasteiger partial charge < -0.3 is 9.32 Å². The van der Waals surface area contributed by atoms with Crippen LogP contribution in [0.3, 0.4) is 0 Å². The van der Waals surface area contributed by atoms with Crippen LogP contribution in [-0.4, -0.2) is 13.1 Å². The number of hydrogen-bond donors (Lipinski definition) is 0. The number of fused-ring (bicyclic) bond motifs is 1. The van der Waals surface area contributed by atoms with Gasteiger partial charge in [-0.25, -0.2) is 0 Å². The summed E-state index contributed by atoms with van der Waals surface area (Å²) < 4.78 is 5.55. The van der Waals surface area contributed by atoms with Crippen molar-refractivity contribution in [2.45, 2.75) is 26.2 Å². The molecule has 0 saturated carbocycles. The normalized spacial score (nSPS) is 16.7. The van der Waals surface area contributed by atoms with Gasteiger partial charge in [0.1, 0.15) is 5.58 Å². The summed E-state index contributed by atoms with van der Waals surface area (Å²) >= 11 is 6.38. The smallest absolute Gasteiger partial charge is 0.136 e. The number of nitrogens with zero attached hydrogens (tertiary/aromatic N) is 1. The number of anilines is 1. The van der Waals surface area contributed by atoms with Crippen molar-refractivity contribution in [3.8, 4) is 0 Å². The molecule has 0 spiro atoms. The Kier molecular flexibility index (Phi) is 2.75. The minimum Gasteiger partial charge on any atom is -0.464 e. The topological polar surface area (TPSA) is 16.4 Å². The van der Waals surface area contributed by atoms with Crippen molar-refractivity contribution in [1.82, 2.24) is 0 Å². The largest absolute Gasteiger partial charge is 0.464 e. The zero-order valence-corrected chi connectivity index (χ0v) is 10.8. The third-order valence-corrected chi connectivity index (χ3v) is 3.84. The monoisotopic (exact) mass is 249 g/mol. The maximum atomic E-state index is 6.38. The molecule has 1 aliphatic rings. The number of aryl methyl sites for hydroxylation is 1. The Balaban J connectivity index is 2.06. The average Bonchev–Trinajstić information content (AvgIpc) is 2.71. The molecular weight excluding hydrogens is 234 g/mol. The SMILES string of the molecule is Cc1coc2cc(N3CCCCC3)c(Cl)cc12. The van der Waals surface area contributed by atoms with Gasteiger partial charge in [0.05, 0.1) is 17.0 Å². The molecular formula is C14H16ClNO. The third-order valence-electron chi connectivity index (χ3n) is 3.53. The highest BCUT2D eigenvalue weighted by atomic mass is 35.5. The van der Waals surface area contributed by atoms with E-state index < -0.39 is 0 Å². The number of halogens is 1. The van der Waals surface area contributed by atoms with Crippen LogP contribution in [0.25, 0.3) is 11.0 Å². The van der Waals surface area contributed by atoms with Gasteiger partial charge in [-0.05, 0) is 37.8 Å². The van der Waals surface area contributed by atoms with E-state index in [1.807, 2.05) is 13.0 Å². The first kappa shape index (κ1) is 11.0. The van der Waals surface area contributed by atoms with E-state index in [0.29, 0.717) is 0 Å². The first-order valence-corrected chi connectivity index (χ1v) is 6.56. The molecule has 3 heteroatoms. The summed E-state index contributed by atoms with van der Waals surface area (Å²) in [6.45, 7) is 4.25. The van der Waals surface area contributed by atoms with Crippen LogP contribution in [0, 0.1) is 6.92 Å². The molecule has 1 aliphatic heterocycles. The molecule has 2 heterocycles. The van der Waals surface area contributed by atoms with E-state index in [4.69, 9.17) is 16.0 Å². The predicted octanol–water partition coefficient (Wildman–Crippen LogP) is 4.38. The Morgan fingerprint density at radius 3 is 2.71 bits per heavy atom. The summed E-state index contributed by atoms with van der Waals surface area (Å²) in [5, 5.41) is 1.96. The molecule has 3 rings (SSSR count). The lowest BCUT2D eigenvalue weighted by atomic mass is 10.1. The van der Waals surface area contributed by atoms with Crippen LogP contribution in [0.5, 0.6) is 0 Å². The number of piperidine rings is 1. The zero-order valence-electron chi connectivity index (χ0n) is 10.0. The first-order chi connectivity index (χ1) is 8.25. The molecule has 0 unspecified atom stereocenters. The van der Waals surface area contributed by atoms with Gasteiger partial charge in [-0.3, -0.25) is 0 Å². The second kappa shape index (κ2) is 4.26. The summed E-state index contributed by atoms with van der Waals surface area (Å²) in [4.78, 5) is 2.36. The van der Waals surface area contributed by atoms with Gasteiger partial charge >= 0.3 is 0 Å². The molecule has 1 fully saturated rings. The number of furan rings is 1. The van der Waals surface area contributed by atoms with Gasteiger partial charge in [0, 0.05) is 24.5 Å². The Morgan fingerprint density at radius 2 is 1.94 bits per heavy atom. The molecule has 2 nitrogen and oxygen atoms in total. The minimum absolute atomic E-state index is 0.837. The van der Waals surface area contributed by atoms with Gasteiger partial charge in [-0.2, -0.15) is 0 Å². The van der Waals surface area contributed by atoms with E-state index >= 15 is 0 Å². The zero-order chi connectivity index (χ0) is 11.8. The van der Waals surface area contributed by atoms with E-state index in [0.717, 1.165) is 40.3 Å². The average molecular weight is 250 g/mol. The van der Waals surface area contributed by atoms with Gasteiger partial charge in [0.25, 0.3) is 0 Å². The van der Waals surface area contributed by atoms with Crippen molar-refractivity contribution in [2.75, 3.05) is 18.0 Å². The molecule has 17 heavy (non-hydrogen) atoms. The van der Waals surface area contributed by atoms with E-state index in [2.05, 4.69) is 11.0 Å². The molecule has 0 aliphatic carbocycles. The minimum atomic E-state index is 0.837. The van der Waals surface area contributed by atoms with Gasteiger partial charge in [0.2, 0.25) is 0 Å². The summed E-state index contributed by atoms with van der Waals surface area (Å²) in [5.74, 6) is 0. The summed E-state index contributed by atoms with van der Waals surface area (Å²) in [6.07, 6.45) is 5.63. The van der Waals surface area contributed by atoms with Gasteiger partial charge in [-0.1, -0.05) is 11.6 Å². The standard InChI is InChI=1S/C14H16ClNO/c1-10-9-17-14-8-13(12(15)7-11(10)14)16-5-3-2-4-6-16/h7-9H,2-6H2,1H3. The van der Waals surface area contributed by atoms with Crippen molar-refractivity contribution >= 4 is 28.3 Å². The fourth-order valence-corrected chi connectivity index (χ4v) is 2.82. The van der Waals surface area contributed by atoms with Crippen molar-refractivity contribution in [2.24, 2.45) is 0 Å². The molecule has 0 bridgehead atoms. The highest BCUT2D eigenvalue weighted by Gasteiger charge is 2.16. The predicted molar refractivity (Wildman–Crippen MR) is 72.0 cm³/mol. The molecule has 1 saturated heterocycles. The molecule has 2 aromatic rings. The lowest BCUT2D eigenvalue weighted by Gasteiger charge is -2.29. The maximum Gasteiger partial charge on any atom is 0.136 e. The van der Waals surface area contributed by atoms with E-state index in [1.54, 1.807) is 6.26 Å². The first-order valence-electron chi connectivity index (χ1n) is 6.18. The lowest BCUT2D eigenvalue weighted by Crippen LogP contribution is -2.29. The number of rotatable bonds is 1. The highest BCUT2D eigenvalue weighted by Crippen LogP contribution is 2.34. The van der Waals surface area contributed by atoms with Crippen LogP contribution in [0.2, 0.25) is 5.02 Å². The maximum absolute atomic E-state index is 6.38. The van der Waals surface area contributed by atoms with Crippen molar-refractivity contribution in [3.05, 3.63) is 29.0 Å². The van der Waals surface area contributed by atoms with Gasteiger partial charge in [0.15, 0.2) is 0 Å². The van der Waals surface area contributed by atoms with Gasteiger partial charge in [-0.15, -0.1) is 0 Å². The molecule has 90 valence electrons. The molecule has 0 N–H and O–H groups in total. The summed E-state index contributed by atoms with van der Waals surface area (Å²) in [7, 11) is 0. The third kappa shape index (κ3) is 1.91. The molecule has 0 amide bonds. The van der Waals surface area contributed by atoms with Crippen LogP contribution in [0.15, 0.2) is 22.8 Å². The fourth-order valence-electron chi connectivity index (χ4n) is 2.54. The van der Waals surface area contributed by atoms with E-state index in [9.17, 15) is 0 Å². The van der Waals surface area contributed by atoms with Crippen LogP contribution in [0.1, 0.15) is 24.8 Å². The Bertz CT molecular complexity index is 540. The van der Waals surface area contributed by atoms with Crippen molar-refractivity contribution in [3.63, 3.8) is 0 Å². The summed E-state index contributed by atoms with van der Waals surface area (Å²) in [5.41, 5.74) is 3.20. The molecule has 0 radical (unpaired) electrons. The van der Waals surface area contributed by atoms with Crippen LogP contribution in [0.4, 0.5) is 5.69 Å². The number of hydrogen-bond acceptors (Lipinski definition) is 2. The Morgan fingerprint density at radius 1 is 1.18 bits per heavy atom. The second-order valence-electron chi connectivity index (χ2n) is 4.77. The Labute approximate surface area is 106 Å². The summed E-state index contributed by atoms with van der Waals surface area (Å²) in [6, 6.07) is 4.11. The van der Waals surface area contributed by atoms with Crippen molar-refractivity contribution < 1.29 is 4.42 Å². The van der Waals surface area contributed by atoms with E-state index in [1.165, 1.54) is 19.3 Å². The highest BCUT2D eigenvalue weighted by molar-refractivity contribution is 6.34. The molecule has 0 atom stereocenters. The quantitative estimate of drug-likeness (QED) is 0.746. The fraction of sp³-hybridized carbons (Fsp3) is 0.429. The van der Waals surface area contributed by atoms with Crippen LogP contribution in [-0.2, 0) is 0 Å². The number of benzene rings is 1. The lowest BCUT2D eigenvalue weighted by molar-refractivity contribution is 0.576. The van der Waals surface area contributed by atoms with Crippen LogP contribution >= 0.6 is 11.6 Å². The molecule has 1 aromatic carbocycles. The second-order valence-corrected chi connectivity index (χ2v) is 5.17.